The zero-order chi connectivity index (χ0) is 14.7. The largest absolute Gasteiger partial charge is 0.382 e. The van der Waals surface area contributed by atoms with Crippen LogP contribution in [0.1, 0.15) is 23.6 Å². The second-order valence-electron chi connectivity index (χ2n) is 6.21. The van der Waals surface area contributed by atoms with Crippen LogP contribution in [0.4, 0.5) is 5.69 Å². The zero-order valence-corrected chi connectivity index (χ0v) is 13.0. The standard InChI is InChI=1S/C19H24N2/c1-15-12-18-13-16(8-9-19(18)20-15)10-11-21(2)14-17-6-4-3-5-7-17/h3-9,13,15,20H,10-12,14H2,1-2H3. The quantitative estimate of drug-likeness (QED) is 0.898. The van der Waals surface area contributed by atoms with Crippen molar-refractivity contribution in [2.24, 2.45) is 0 Å². The van der Waals surface area contributed by atoms with Crippen molar-refractivity contribution in [3.63, 3.8) is 0 Å². The third kappa shape index (κ3) is 3.64. The molecule has 2 heteroatoms. The van der Waals surface area contributed by atoms with Crippen molar-refractivity contribution in [2.45, 2.75) is 32.4 Å². The van der Waals surface area contributed by atoms with Crippen molar-refractivity contribution in [3.8, 4) is 0 Å². The van der Waals surface area contributed by atoms with Crippen LogP contribution in [0.15, 0.2) is 48.5 Å². The zero-order valence-electron chi connectivity index (χ0n) is 13.0. The van der Waals surface area contributed by atoms with Gasteiger partial charge >= 0.3 is 0 Å². The molecule has 2 aromatic carbocycles. The van der Waals surface area contributed by atoms with E-state index in [-0.39, 0.29) is 0 Å². The molecule has 2 nitrogen and oxygen atoms in total. The van der Waals surface area contributed by atoms with Crippen molar-refractivity contribution in [3.05, 3.63) is 65.2 Å². The molecule has 1 aliphatic rings. The van der Waals surface area contributed by atoms with Crippen molar-refractivity contribution >= 4 is 5.69 Å². The maximum absolute atomic E-state index is 3.51. The second-order valence-corrected chi connectivity index (χ2v) is 6.21. The van der Waals surface area contributed by atoms with Gasteiger partial charge in [-0.3, -0.25) is 0 Å². The van der Waals surface area contributed by atoms with Gasteiger partial charge in [-0.05, 0) is 49.6 Å². The molecule has 3 rings (SSSR count). The summed E-state index contributed by atoms with van der Waals surface area (Å²) < 4.78 is 0. The monoisotopic (exact) mass is 280 g/mol. The van der Waals surface area contributed by atoms with E-state index in [2.05, 4.69) is 72.7 Å². The van der Waals surface area contributed by atoms with Crippen LogP contribution in [0.25, 0.3) is 0 Å². The van der Waals surface area contributed by atoms with Gasteiger partial charge in [-0.2, -0.15) is 0 Å². The highest BCUT2D eigenvalue weighted by molar-refractivity contribution is 5.57. The number of likely N-dealkylation sites (N-methyl/N-ethyl adjacent to an activating group) is 1. The Morgan fingerprint density at radius 1 is 1.10 bits per heavy atom. The Morgan fingerprint density at radius 2 is 1.90 bits per heavy atom. The lowest BCUT2D eigenvalue weighted by Gasteiger charge is -2.17. The topological polar surface area (TPSA) is 15.3 Å². The molecule has 0 fully saturated rings. The molecule has 1 unspecified atom stereocenters. The smallest absolute Gasteiger partial charge is 0.0375 e. The summed E-state index contributed by atoms with van der Waals surface area (Å²) in [6.07, 6.45) is 2.27. The van der Waals surface area contributed by atoms with Gasteiger partial charge in [0.15, 0.2) is 0 Å². The summed E-state index contributed by atoms with van der Waals surface area (Å²) in [5.41, 5.74) is 5.63. The lowest BCUT2D eigenvalue weighted by molar-refractivity contribution is 0.331. The maximum atomic E-state index is 3.51. The minimum atomic E-state index is 0.580. The van der Waals surface area contributed by atoms with Crippen LogP contribution in [0.5, 0.6) is 0 Å². The third-order valence-electron chi connectivity index (χ3n) is 4.18. The van der Waals surface area contributed by atoms with Gasteiger partial charge in [-0.1, -0.05) is 42.5 Å². The molecular weight excluding hydrogens is 256 g/mol. The van der Waals surface area contributed by atoms with Gasteiger partial charge in [0.1, 0.15) is 0 Å². The van der Waals surface area contributed by atoms with Crippen molar-refractivity contribution in [1.29, 1.82) is 0 Å². The molecule has 0 saturated carbocycles. The fourth-order valence-corrected chi connectivity index (χ4v) is 3.05. The number of rotatable bonds is 5. The van der Waals surface area contributed by atoms with E-state index < -0.39 is 0 Å². The van der Waals surface area contributed by atoms with E-state index in [0.29, 0.717) is 6.04 Å². The number of nitrogens with zero attached hydrogens (tertiary/aromatic N) is 1. The first-order valence-corrected chi connectivity index (χ1v) is 7.81. The van der Waals surface area contributed by atoms with Crippen molar-refractivity contribution in [1.82, 2.24) is 4.90 Å². The summed E-state index contributed by atoms with van der Waals surface area (Å²) >= 11 is 0. The fourth-order valence-electron chi connectivity index (χ4n) is 3.05. The van der Waals surface area contributed by atoms with E-state index in [1.54, 1.807) is 0 Å². The fraction of sp³-hybridized carbons (Fsp3) is 0.368. The van der Waals surface area contributed by atoms with Gasteiger partial charge < -0.3 is 10.2 Å². The summed E-state index contributed by atoms with van der Waals surface area (Å²) in [5.74, 6) is 0. The number of hydrogen-bond donors (Lipinski definition) is 1. The first-order chi connectivity index (χ1) is 10.2. The van der Waals surface area contributed by atoms with Crippen LogP contribution >= 0.6 is 0 Å². The molecule has 0 aromatic heterocycles. The highest BCUT2D eigenvalue weighted by atomic mass is 15.1. The summed E-state index contributed by atoms with van der Waals surface area (Å²) in [6.45, 7) is 4.36. The molecule has 0 saturated heterocycles. The Balaban J connectivity index is 1.54. The minimum absolute atomic E-state index is 0.580. The Labute approximate surface area is 127 Å². The van der Waals surface area contributed by atoms with Gasteiger partial charge in [-0.15, -0.1) is 0 Å². The van der Waals surface area contributed by atoms with Gasteiger partial charge in [0.2, 0.25) is 0 Å². The predicted molar refractivity (Wildman–Crippen MR) is 89.7 cm³/mol. The van der Waals surface area contributed by atoms with E-state index >= 15 is 0 Å². The maximum Gasteiger partial charge on any atom is 0.0375 e. The molecular formula is C19H24N2. The van der Waals surface area contributed by atoms with Gasteiger partial charge in [0, 0.05) is 24.8 Å². The molecule has 0 spiro atoms. The highest BCUT2D eigenvalue weighted by Gasteiger charge is 2.16. The average Bonchev–Trinajstić information content (AvgIpc) is 2.85. The van der Waals surface area contributed by atoms with E-state index in [1.165, 1.54) is 22.4 Å². The lowest BCUT2D eigenvalue weighted by Crippen LogP contribution is -2.20. The molecule has 0 radical (unpaired) electrons. The van der Waals surface area contributed by atoms with Gasteiger partial charge in [0.25, 0.3) is 0 Å². The first-order valence-electron chi connectivity index (χ1n) is 7.81. The van der Waals surface area contributed by atoms with Crippen LogP contribution in [0.3, 0.4) is 0 Å². The number of anilines is 1. The third-order valence-corrected chi connectivity index (χ3v) is 4.18. The summed E-state index contributed by atoms with van der Waals surface area (Å²) in [4.78, 5) is 2.39. The van der Waals surface area contributed by atoms with Crippen molar-refractivity contribution in [2.75, 3.05) is 18.9 Å². The highest BCUT2D eigenvalue weighted by Crippen LogP contribution is 2.26. The summed E-state index contributed by atoms with van der Waals surface area (Å²) in [5, 5.41) is 3.51. The number of fused-ring (bicyclic) bond motifs is 1. The van der Waals surface area contributed by atoms with Crippen LogP contribution in [-0.2, 0) is 19.4 Å². The molecule has 2 aromatic rings. The number of nitrogens with one attached hydrogen (secondary N) is 1. The molecule has 0 bridgehead atoms. The normalized spacial score (nSPS) is 16.8. The Hall–Kier alpha value is -1.80. The Bertz CT molecular complexity index is 592. The molecule has 1 aliphatic heterocycles. The van der Waals surface area contributed by atoms with E-state index in [9.17, 15) is 0 Å². The first kappa shape index (κ1) is 14.2. The minimum Gasteiger partial charge on any atom is -0.382 e. The van der Waals surface area contributed by atoms with Crippen LogP contribution in [-0.4, -0.2) is 24.5 Å². The summed E-state index contributed by atoms with van der Waals surface area (Å²) in [7, 11) is 2.20. The van der Waals surface area contributed by atoms with Gasteiger partial charge in [-0.25, -0.2) is 0 Å². The molecule has 21 heavy (non-hydrogen) atoms. The molecule has 1 heterocycles. The predicted octanol–water partition coefficient (Wildman–Crippen LogP) is 3.72. The van der Waals surface area contributed by atoms with Gasteiger partial charge in [0.05, 0.1) is 0 Å². The Morgan fingerprint density at radius 3 is 2.71 bits per heavy atom. The molecule has 110 valence electrons. The van der Waals surface area contributed by atoms with E-state index in [4.69, 9.17) is 0 Å². The van der Waals surface area contributed by atoms with Crippen LogP contribution in [0, 0.1) is 0 Å². The van der Waals surface area contributed by atoms with E-state index in [0.717, 1.165) is 25.9 Å². The second kappa shape index (κ2) is 6.31. The molecule has 1 N–H and O–H groups in total. The molecule has 1 atom stereocenters. The summed E-state index contributed by atoms with van der Waals surface area (Å²) in [6, 6.07) is 18.1. The average molecular weight is 280 g/mol. The molecule has 0 aliphatic carbocycles. The van der Waals surface area contributed by atoms with Crippen LogP contribution < -0.4 is 5.32 Å². The Kier molecular flexibility index (Phi) is 4.26. The number of hydrogen-bond acceptors (Lipinski definition) is 2. The molecule has 0 amide bonds. The van der Waals surface area contributed by atoms with Crippen LogP contribution in [0.2, 0.25) is 0 Å². The number of benzene rings is 2. The van der Waals surface area contributed by atoms with E-state index in [1.807, 2.05) is 0 Å². The lowest BCUT2D eigenvalue weighted by atomic mass is 10.0. The SMILES string of the molecule is CC1Cc2cc(CCN(C)Cc3ccccc3)ccc2N1. The van der Waals surface area contributed by atoms with Crippen molar-refractivity contribution < 1.29 is 0 Å².